The standard InChI is InChI=1S/C32H45N5O5/c1-31(2,3)30(42)37-16-7-11-26(37)28(40)36-25(18-21-12-13-22-9-5-6-10-23(22)17-21)27(39)33-19-24(38)20-34-29(41)32(4)14-8-15-35-32/h5-6,9-10,12-13,17,24-26,35,38H,7-8,11,14-16,18-20H2,1-4H3,(H,33,39)(H,34,41)(H,36,40)/t24?,25-,26?,32-/m1/s1. The van der Waals surface area contributed by atoms with Crippen molar-refractivity contribution in [3.8, 4) is 0 Å². The van der Waals surface area contributed by atoms with Crippen LogP contribution in [-0.2, 0) is 25.6 Å². The van der Waals surface area contributed by atoms with E-state index in [1.54, 1.807) is 4.90 Å². The van der Waals surface area contributed by atoms with Gasteiger partial charge in [-0.25, -0.2) is 0 Å². The fourth-order valence-corrected chi connectivity index (χ4v) is 5.70. The molecule has 2 aliphatic rings. The predicted molar refractivity (Wildman–Crippen MR) is 161 cm³/mol. The average molecular weight is 580 g/mol. The summed E-state index contributed by atoms with van der Waals surface area (Å²) in [5.41, 5.74) is -0.407. The summed E-state index contributed by atoms with van der Waals surface area (Å²) < 4.78 is 0. The van der Waals surface area contributed by atoms with Gasteiger partial charge in [0.1, 0.15) is 12.1 Å². The summed E-state index contributed by atoms with van der Waals surface area (Å²) in [7, 11) is 0. The van der Waals surface area contributed by atoms with Gasteiger partial charge in [0, 0.05) is 31.5 Å². The molecule has 0 aliphatic carbocycles. The Morgan fingerprint density at radius 3 is 2.45 bits per heavy atom. The zero-order valence-corrected chi connectivity index (χ0v) is 25.2. The lowest BCUT2D eigenvalue weighted by atomic mass is 9.94. The smallest absolute Gasteiger partial charge is 0.243 e. The van der Waals surface area contributed by atoms with Crippen LogP contribution in [0.15, 0.2) is 42.5 Å². The molecule has 4 amide bonds. The van der Waals surface area contributed by atoms with Crippen LogP contribution in [0, 0.1) is 5.41 Å². The molecule has 0 bridgehead atoms. The Morgan fingerprint density at radius 1 is 1.05 bits per heavy atom. The average Bonchev–Trinajstić information content (AvgIpc) is 3.63. The number of aliphatic hydroxyl groups excluding tert-OH is 1. The lowest BCUT2D eigenvalue weighted by Gasteiger charge is -2.31. The molecule has 0 radical (unpaired) electrons. The quantitative estimate of drug-likeness (QED) is 0.290. The van der Waals surface area contributed by atoms with Crippen molar-refractivity contribution in [2.75, 3.05) is 26.2 Å². The first kappa shape index (κ1) is 31.4. The van der Waals surface area contributed by atoms with Gasteiger partial charge in [0.15, 0.2) is 0 Å². The van der Waals surface area contributed by atoms with Gasteiger partial charge in [-0.2, -0.15) is 0 Å². The molecule has 228 valence electrons. The number of benzene rings is 2. The third-order valence-corrected chi connectivity index (χ3v) is 8.22. The topological polar surface area (TPSA) is 140 Å². The molecule has 10 heteroatoms. The third-order valence-electron chi connectivity index (χ3n) is 8.22. The van der Waals surface area contributed by atoms with E-state index in [0.717, 1.165) is 35.7 Å². The SMILES string of the molecule is CC(C)(C)C(=O)N1CCCC1C(=O)N[C@H](Cc1ccc2ccccc2c1)C(=O)NCC(O)CNC(=O)[C@@]1(C)CCCN1. The molecule has 42 heavy (non-hydrogen) atoms. The monoisotopic (exact) mass is 579 g/mol. The summed E-state index contributed by atoms with van der Waals surface area (Å²) in [4.78, 5) is 54.1. The molecule has 2 unspecified atom stereocenters. The van der Waals surface area contributed by atoms with Crippen LogP contribution in [0.1, 0.15) is 58.9 Å². The number of carbonyl (C=O) groups excluding carboxylic acids is 4. The first-order chi connectivity index (χ1) is 19.9. The van der Waals surface area contributed by atoms with Gasteiger partial charge in [0.05, 0.1) is 11.6 Å². The van der Waals surface area contributed by atoms with Crippen LogP contribution < -0.4 is 21.3 Å². The van der Waals surface area contributed by atoms with Crippen molar-refractivity contribution in [1.29, 1.82) is 0 Å². The number of rotatable bonds is 10. The minimum absolute atomic E-state index is 0.00989. The van der Waals surface area contributed by atoms with Gasteiger partial charge in [-0.15, -0.1) is 0 Å². The normalized spacial score (nSPS) is 22.0. The molecule has 2 aliphatic heterocycles. The van der Waals surface area contributed by atoms with E-state index in [1.807, 2.05) is 70.2 Å². The van der Waals surface area contributed by atoms with E-state index in [0.29, 0.717) is 19.4 Å². The van der Waals surface area contributed by atoms with E-state index in [4.69, 9.17) is 0 Å². The zero-order valence-electron chi connectivity index (χ0n) is 25.2. The molecule has 10 nitrogen and oxygen atoms in total. The molecule has 2 heterocycles. The maximum atomic E-state index is 13.5. The lowest BCUT2D eigenvalue weighted by molar-refractivity contribution is -0.145. The maximum Gasteiger partial charge on any atom is 0.243 e. The predicted octanol–water partition coefficient (Wildman–Crippen LogP) is 1.64. The number of hydrogen-bond donors (Lipinski definition) is 5. The van der Waals surface area contributed by atoms with Crippen molar-refractivity contribution >= 4 is 34.4 Å². The van der Waals surface area contributed by atoms with Gasteiger partial charge in [-0.05, 0) is 55.5 Å². The second kappa shape index (κ2) is 13.2. The number of likely N-dealkylation sites (tertiary alicyclic amines) is 1. The number of amides is 4. The molecule has 2 aromatic rings. The minimum atomic E-state index is -1.00. The molecule has 5 N–H and O–H groups in total. The lowest BCUT2D eigenvalue weighted by Crippen LogP contribution is -2.56. The van der Waals surface area contributed by atoms with E-state index in [9.17, 15) is 24.3 Å². The van der Waals surface area contributed by atoms with Crippen LogP contribution in [0.5, 0.6) is 0 Å². The van der Waals surface area contributed by atoms with Crippen LogP contribution in [0.4, 0.5) is 0 Å². The summed E-state index contributed by atoms with van der Waals surface area (Å²) in [6.07, 6.45) is 2.11. The van der Waals surface area contributed by atoms with Crippen LogP contribution in [0.2, 0.25) is 0 Å². The second-order valence-electron chi connectivity index (χ2n) is 12.8. The fourth-order valence-electron chi connectivity index (χ4n) is 5.70. The Morgan fingerprint density at radius 2 is 1.76 bits per heavy atom. The van der Waals surface area contributed by atoms with E-state index in [2.05, 4.69) is 21.3 Å². The van der Waals surface area contributed by atoms with Gasteiger partial charge in [-0.1, -0.05) is 63.2 Å². The fraction of sp³-hybridized carbons (Fsp3) is 0.562. The number of fused-ring (bicyclic) bond motifs is 1. The number of hydrogen-bond acceptors (Lipinski definition) is 6. The van der Waals surface area contributed by atoms with Gasteiger partial charge < -0.3 is 31.3 Å². The van der Waals surface area contributed by atoms with E-state index >= 15 is 0 Å². The third kappa shape index (κ3) is 7.66. The summed E-state index contributed by atoms with van der Waals surface area (Å²) in [6, 6.07) is 12.3. The largest absolute Gasteiger partial charge is 0.389 e. The zero-order chi connectivity index (χ0) is 30.5. The van der Waals surface area contributed by atoms with Crippen molar-refractivity contribution < 1.29 is 24.3 Å². The van der Waals surface area contributed by atoms with Gasteiger partial charge in [0.2, 0.25) is 23.6 Å². The number of aliphatic hydroxyl groups is 1. The molecule has 4 atom stereocenters. The van der Waals surface area contributed by atoms with E-state index in [-0.39, 0.29) is 37.2 Å². The first-order valence-corrected chi connectivity index (χ1v) is 15.0. The van der Waals surface area contributed by atoms with Crippen LogP contribution in [-0.4, -0.2) is 83.5 Å². The molecular weight excluding hydrogens is 534 g/mol. The molecule has 0 spiro atoms. The highest BCUT2D eigenvalue weighted by atomic mass is 16.3. The first-order valence-electron chi connectivity index (χ1n) is 15.0. The Labute approximate surface area is 248 Å². The van der Waals surface area contributed by atoms with Crippen LogP contribution in [0.3, 0.4) is 0 Å². The Balaban J connectivity index is 1.42. The highest BCUT2D eigenvalue weighted by Crippen LogP contribution is 2.26. The molecule has 4 rings (SSSR count). The Kier molecular flexibility index (Phi) is 9.89. The van der Waals surface area contributed by atoms with Crippen molar-refractivity contribution in [1.82, 2.24) is 26.2 Å². The number of nitrogens with zero attached hydrogens (tertiary/aromatic N) is 1. The summed E-state index contributed by atoms with van der Waals surface area (Å²) >= 11 is 0. The molecule has 2 aromatic carbocycles. The molecule has 2 saturated heterocycles. The summed E-state index contributed by atoms with van der Waals surface area (Å²) in [6.45, 7) is 8.50. The molecular formula is C32H45N5O5. The molecule has 0 saturated carbocycles. The van der Waals surface area contributed by atoms with Crippen molar-refractivity contribution in [2.24, 2.45) is 5.41 Å². The highest BCUT2D eigenvalue weighted by Gasteiger charge is 2.40. The number of carbonyl (C=O) groups is 4. The van der Waals surface area contributed by atoms with E-state index < -0.39 is 35.0 Å². The summed E-state index contributed by atoms with van der Waals surface area (Å²) in [5.74, 6) is -1.09. The Bertz CT molecular complexity index is 1300. The van der Waals surface area contributed by atoms with Crippen LogP contribution >= 0.6 is 0 Å². The van der Waals surface area contributed by atoms with Crippen molar-refractivity contribution in [2.45, 2.75) is 83.5 Å². The maximum absolute atomic E-state index is 13.5. The molecule has 2 fully saturated rings. The van der Waals surface area contributed by atoms with Gasteiger partial charge in [0.25, 0.3) is 0 Å². The van der Waals surface area contributed by atoms with Crippen LogP contribution in [0.25, 0.3) is 10.8 Å². The highest BCUT2D eigenvalue weighted by molar-refractivity contribution is 5.93. The minimum Gasteiger partial charge on any atom is -0.389 e. The van der Waals surface area contributed by atoms with Gasteiger partial charge >= 0.3 is 0 Å². The second-order valence-corrected chi connectivity index (χ2v) is 12.8. The van der Waals surface area contributed by atoms with Crippen molar-refractivity contribution in [3.05, 3.63) is 48.0 Å². The van der Waals surface area contributed by atoms with Crippen molar-refractivity contribution in [3.63, 3.8) is 0 Å². The van der Waals surface area contributed by atoms with Gasteiger partial charge in [-0.3, -0.25) is 19.2 Å². The molecule has 0 aromatic heterocycles. The summed E-state index contributed by atoms with van der Waals surface area (Å²) in [5, 5.41) is 24.2. The van der Waals surface area contributed by atoms with E-state index in [1.165, 1.54) is 0 Å². The Hall–Kier alpha value is -3.50. The number of nitrogens with one attached hydrogen (secondary N) is 4.